The number of hydrogen-bond donors (Lipinski definition) is 1. The minimum Gasteiger partial charge on any atom is -0.351 e. The van der Waals surface area contributed by atoms with E-state index in [1.165, 1.54) is 23.5 Å². The quantitative estimate of drug-likeness (QED) is 0.286. The Morgan fingerprint density at radius 1 is 1.38 bits per heavy atom. The fourth-order valence-corrected chi connectivity index (χ4v) is 4.07. The van der Waals surface area contributed by atoms with E-state index in [4.69, 9.17) is 0 Å². The number of imidazole rings is 2. The molecule has 0 spiro atoms. The molecule has 0 bridgehead atoms. The zero-order chi connectivity index (χ0) is 20.4. The van der Waals surface area contributed by atoms with Crippen molar-refractivity contribution >= 4 is 27.9 Å². The second kappa shape index (κ2) is 7.84. The molecule has 4 aromatic rings. The monoisotopic (exact) mass is 410 g/mol. The molecule has 0 aliphatic rings. The van der Waals surface area contributed by atoms with Crippen molar-refractivity contribution in [1.29, 1.82) is 0 Å². The highest BCUT2D eigenvalue weighted by atomic mass is 32.1. The molecule has 3 heterocycles. The fourth-order valence-electron chi connectivity index (χ4n) is 3.04. The predicted molar refractivity (Wildman–Crippen MR) is 109 cm³/mol. The van der Waals surface area contributed by atoms with Crippen molar-refractivity contribution < 1.29 is 9.72 Å². The molecular weight excluding hydrogens is 392 g/mol. The lowest BCUT2D eigenvalue weighted by molar-refractivity contribution is -0.384. The number of fused-ring (bicyclic) bond motifs is 1. The van der Waals surface area contributed by atoms with Crippen molar-refractivity contribution in [2.45, 2.75) is 19.9 Å². The summed E-state index contributed by atoms with van der Waals surface area (Å²) >= 11 is 1.30. The molecule has 3 aromatic heterocycles. The van der Waals surface area contributed by atoms with Crippen LogP contribution in [0.1, 0.15) is 21.8 Å². The lowest BCUT2D eigenvalue weighted by Gasteiger charge is -2.05. The molecule has 0 saturated heterocycles. The van der Waals surface area contributed by atoms with Crippen molar-refractivity contribution in [2.75, 3.05) is 6.54 Å². The van der Waals surface area contributed by atoms with E-state index in [9.17, 15) is 14.9 Å². The highest BCUT2D eigenvalue weighted by molar-refractivity contribution is 7.19. The average molecular weight is 410 g/mol. The number of aromatic nitrogens is 4. The fraction of sp³-hybridized carbons (Fsp3) is 0.211. The smallest absolute Gasteiger partial charge is 0.270 e. The van der Waals surface area contributed by atoms with Gasteiger partial charge in [-0.15, -0.1) is 0 Å². The van der Waals surface area contributed by atoms with Gasteiger partial charge in [0.15, 0.2) is 4.96 Å². The highest BCUT2D eigenvalue weighted by Gasteiger charge is 2.18. The maximum Gasteiger partial charge on any atom is 0.270 e. The second-order valence-electron chi connectivity index (χ2n) is 6.51. The van der Waals surface area contributed by atoms with Gasteiger partial charge in [0.25, 0.3) is 11.6 Å². The number of non-ortho nitro benzene ring substituents is 1. The number of carbonyl (C=O) groups is 1. The van der Waals surface area contributed by atoms with E-state index in [1.807, 2.05) is 22.1 Å². The molecule has 10 heteroatoms. The molecule has 0 atom stereocenters. The molecule has 1 amide bonds. The summed E-state index contributed by atoms with van der Waals surface area (Å²) in [5.74, 6) is -0.125. The molecule has 1 N–H and O–H groups in total. The summed E-state index contributed by atoms with van der Waals surface area (Å²) in [7, 11) is 0. The first-order chi connectivity index (χ1) is 14.0. The summed E-state index contributed by atoms with van der Waals surface area (Å²) < 4.78 is 3.81. The van der Waals surface area contributed by atoms with E-state index in [0.29, 0.717) is 27.6 Å². The SMILES string of the molecule is Cc1c(C(=O)NCCCn2ccnc2)sc2nc(-c3cccc([N+](=O)[O-])c3)cn12. The standard InChI is InChI=1S/C19H18N6O3S/c1-13-17(18(26)21-6-3-8-23-9-7-20-12-23)29-19-22-16(11-24(13)19)14-4-2-5-15(10-14)25(27)28/h2,4-5,7,9-12H,3,6,8H2,1H3,(H,21,26). The summed E-state index contributed by atoms with van der Waals surface area (Å²) in [5.41, 5.74) is 2.11. The molecule has 1 aromatic carbocycles. The third-order valence-electron chi connectivity index (χ3n) is 4.55. The van der Waals surface area contributed by atoms with E-state index in [-0.39, 0.29) is 11.6 Å². The topological polar surface area (TPSA) is 107 Å². The number of nitro benzene ring substituents is 1. The summed E-state index contributed by atoms with van der Waals surface area (Å²) in [5, 5.41) is 13.9. The Morgan fingerprint density at radius 3 is 2.97 bits per heavy atom. The van der Waals surface area contributed by atoms with Gasteiger partial charge in [0.2, 0.25) is 0 Å². The molecule has 148 valence electrons. The minimum absolute atomic E-state index is 0.0198. The number of carbonyl (C=O) groups excluding carboxylic acids is 1. The van der Waals surface area contributed by atoms with E-state index in [2.05, 4.69) is 15.3 Å². The van der Waals surface area contributed by atoms with E-state index < -0.39 is 4.92 Å². The molecular formula is C19H18N6O3S. The Labute approximate surface area is 169 Å². The summed E-state index contributed by atoms with van der Waals surface area (Å²) in [6, 6.07) is 6.36. The van der Waals surface area contributed by atoms with Gasteiger partial charge in [-0.25, -0.2) is 9.97 Å². The first-order valence-electron chi connectivity index (χ1n) is 9.00. The lowest BCUT2D eigenvalue weighted by atomic mass is 10.1. The molecule has 0 unspecified atom stereocenters. The third kappa shape index (κ3) is 3.87. The number of rotatable bonds is 7. The van der Waals surface area contributed by atoms with Crippen LogP contribution in [-0.2, 0) is 6.54 Å². The minimum atomic E-state index is -0.428. The van der Waals surface area contributed by atoms with Crippen LogP contribution < -0.4 is 5.32 Å². The van der Waals surface area contributed by atoms with Crippen LogP contribution in [0.2, 0.25) is 0 Å². The number of thiazole rings is 1. The van der Waals surface area contributed by atoms with Gasteiger partial charge in [0.05, 0.1) is 16.9 Å². The number of nitro groups is 1. The van der Waals surface area contributed by atoms with Crippen molar-refractivity contribution in [2.24, 2.45) is 0 Å². The van der Waals surface area contributed by atoms with Crippen molar-refractivity contribution in [3.63, 3.8) is 0 Å². The molecule has 29 heavy (non-hydrogen) atoms. The molecule has 0 aliphatic carbocycles. The average Bonchev–Trinajstić information content (AvgIpc) is 3.43. The van der Waals surface area contributed by atoms with Gasteiger partial charge >= 0.3 is 0 Å². The summed E-state index contributed by atoms with van der Waals surface area (Å²) in [6.07, 6.45) is 7.97. The molecule has 9 nitrogen and oxygen atoms in total. The van der Waals surface area contributed by atoms with Crippen LogP contribution in [0.5, 0.6) is 0 Å². The maximum absolute atomic E-state index is 12.5. The Bertz CT molecular complexity index is 1180. The largest absolute Gasteiger partial charge is 0.351 e. The first-order valence-corrected chi connectivity index (χ1v) is 9.82. The van der Waals surface area contributed by atoms with Gasteiger partial charge in [0.1, 0.15) is 4.88 Å². The Kier molecular flexibility index (Phi) is 5.09. The number of aryl methyl sites for hydroxylation is 2. The van der Waals surface area contributed by atoms with Crippen molar-refractivity contribution in [3.8, 4) is 11.3 Å². The first kappa shape index (κ1) is 18.8. The van der Waals surface area contributed by atoms with Crippen LogP contribution in [-0.4, -0.2) is 36.3 Å². The summed E-state index contributed by atoms with van der Waals surface area (Å²) in [4.78, 5) is 32.9. The van der Waals surface area contributed by atoms with Gasteiger partial charge in [0, 0.05) is 55.1 Å². The van der Waals surface area contributed by atoms with E-state index in [1.54, 1.807) is 30.9 Å². The van der Waals surface area contributed by atoms with Crippen LogP contribution in [0.3, 0.4) is 0 Å². The number of benzene rings is 1. The molecule has 0 fully saturated rings. The zero-order valence-corrected chi connectivity index (χ0v) is 16.4. The van der Waals surface area contributed by atoms with E-state index >= 15 is 0 Å². The summed E-state index contributed by atoms with van der Waals surface area (Å²) in [6.45, 7) is 3.22. The number of nitrogens with zero attached hydrogens (tertiary/aromatic N) is 5. The van der Waals surface area contributed by atoms with Crippen LogP contribution in [0, 0.1) is 17.0 Å². The predicted octanol–water partition coefficient (Wildman–Crippen LogP) is 3.30. The van der Waals surface area contributed by atoms with Gasteiger partial charge in [-0.2, -0.15) is 0 Å². The van der Waals surface area contributed by atoms with Crippen LogP contribution in [0.15, 0.2) is 49.2 Å². The van der Waals surface area contributed by atoms with Crippen LogP contribution in [0.4, 0.5) is 5.69 Å². The number of amides is 1. The number of nitrogens with one attached hydrogen (secondary N) is 1. The van der Waals surface area contributed by atoms with Crippen LogP contribution in [0.25, 0.3) is 16.2 Å². The Hall–Kier alpha value is -3.53. The molecule has 0 aliphatic heterocycles. The van der Waals surface area contributed by atoms with Crippen LogP contribution >= 0.6 is 11.3 Å². The third-order valence-corrected chi connectivity index (χ3v) is 5.71. The van der Waals surface area contributed by atoms with Crippen molar-refractivity contribution in [3.05, 3.63) is 69.9 Å². The lowest BCUT2D eigenvalue weighted by Crippen LogP contribution is -2.25. The Balaban J connectivity index is 1.47. The highest BCUT2D eigenvalue weighted by Crippen LogP contribution is 2.28. The zero-order valence-electron chi connectivity index (χ0n) is 15.6. The van der Waals surface area contributed by atoms with Gasteiger partial charge < -0.3 is 9.88 Å². The normalized spacial score (nSPS) is 11.1. The molecule has 4 rings (SSSR count). The van der Waals surface area contributed by atoms with E-state index in [0.717, 1.165) is 18.7 Å². The van der Waals surface area contributed by atoms with Crippen molar-refractivity contribution in [1.82, 2.24) is 24.3 Å². The molecule has 0 saturated carbocycles. The van der Waals surface area contributed by atoms with Gasteiger partial charge in [-0.05, 0) is 13.3 Å². The van der Waals surface area contributed by atoms with Gasteiger partial charge in [-0.3, -0.25) is 19.3 Å². The molecule has 0 radical (unpaired) electrons. The number of hydrogen-bond acceptors (Lipinski definition) is 6. The Morgan fingerprint density at radius 2 is 2.24 bits per heavy atom. The maximum atomic E-state index is 12.5. The second-order valence-corrected chi connectivity index (χ2v) is 7.49. The van der Waals surface area contributed by atoms with Gasteiger partial charge in [-0.1, -0.05) is 23.5 Å².